The minimum atomic E-state index is -0.791. The average molecular weight is 367 g/mol. The van der Waals surface area contributed by atoms with Crippen LogP contribution >= 0.6 is 0 Å². The molecule has 0 aliphatic rings. The van der Waals surface area contributed by atoms with E-state index in [0.717, 1.165) is 0 Å². The number of carbonyl (C=O) groups is 4. The number of rotatable bonds is 9. The first-order chi connectivity index (χ1) is 12.3. The highest BCUT2D eigenvalue weighted by atomic mass is 16.5. The molecule has 5 N–H and O–H groups in total. The van der Waals surface area contributed by atoms with Gasteiger partial charge in [0.25, 0.3) is 5.91 Å². The summed E-state index contributed by atoms with van der Waals surface area (Å²) < 4.78 is 9.39. The maximum atomic E-state index is 12.1. The van der Waals surface area contributed by atoms with Gasteiger partial charge in [0.2, 0.25) is 0 Å². The van der Waals surface area contributed by atoms with Gasteiger partial charge in [-0.15, -0.1) is 0 Å². The van der Waals surface area contributed by atoms with Crippen LogP contribution in [0.15, 0.2) is 0 Å². The number of anilines is 2. The van der Waals surface area contributed by atoms with E-state index < -0.39 is 23.6 Å². The average Bonchev–Trinajstić information content (AvgIpc) is 2.59. The summed E-state index contributed by atoms with van der Waals surface area (Å²) in [7, 11) is 0. The van der Waals surface area contributed by atoms with Crippen LogP contribution in [0.3, 0.4) is 0 Å². The fourth-order valence-corrected chi connectivity index (χ4v) is 1.85. The molecule has 1 heterocycles. The van der Waals surface area contributed by atoms with E-state index in [1.807, 2.05) is 0 Å². The van der Waals surface area contributed by atoms with Crippen molar-refractivity contribution in [1.82, 2.24) is 15.3 Å². The number of nitrogen functional groups attached to an aromatic ring is 2. The Morgan fingerprint density at radius 3 is 2.04 bits per heavy atom. The molecule has 1 aromatic rings. The van der Waals surface area contributed by atoms with Gasteiger partial charge in [-0.3, -0.25) is 19.2 Å². The largest absolute Gasteiger partial charge is 0.466 e. The molecule has 0 spiro atoms. The minimum absolute atomic E-state index is 0.143. The SMILES string of the molecule is CCOC(=O)CCC(=O)c1nc(N)c(C(=O)NCC(=O)OCC)nc1N. The quantitative estimate of drug-likeness (QED) is 0.379. The Morgan fingerprint density at radius 1 is 0.885 bits per heavy atom. The molecule has 0 fully saturated rings. The maximum absolute atomic E-state index is 12.1. The molecule has 1 amide bonds. The van der Waals surface area contributed by atoms with Gasteiger partial charge in [-0.05, 0) is 13.8 Å². The van der Waals surface area contributed by atoms with Crippen molar-refractivity contribution in [3.05, 3.63) is 11.4 Å². The molecule has 0 bridgehead atoms. The smallest absolute Gasteiger partial charge is 0.325 e. The molecule has 0 atom stereocenters. The molecule has 0 aliphatic heterocycles. The number of aromatic nitrogens is 2. The molecule has 142 valence electrons. The Bertz CT molecular complexity index is 646. The van der Waals surface area contributed by atoms with Crippen molar-refractivity contribution >= 4 is 35.3 Å². The third-order valence-corrected chi connectivity index (χ3v) is 2.99. The van der Waals surface area contributed by atoms with Crippen molar-refractivity contribution in [3.8, 4) is 0 Å². The molecule has 26 heavy (non-hydrogen) atoms. The Labute approximate surface area is 149 Å². The summed E-state index contributed by atoms with van der Waals surface area (Å²) in [5.74, 6) is -3.16. The Morgan fingerprint density at radius 2 is 1.42 bits per heavy atom. The van der Waals surface area contributed by atoms with Gasteiger partial charge in [0.05, 0.1) is 19.6 Å². The summed E-state index contributed by atoms with van der Waals surface area (Å²) >= 11 is 0. The number of nitrogens with two attached hydrogens (primary N) is 2. The molecule has 0 radical (unpaired) electrons. The third kappa shape index (κ3) is 6.00. The second-order valence-corrected chi connectivity index (χ2v) is 4.91. The summed E-state index contributed by atoms with van der Waals surface area (Å²) in [6.45, 7) is 3.27. The monoisotopic (exact) mass is 367 g/mol. The first-order valence-electron chi connectivity index (χ1n) is 7.85. The molecule has 1 aromatic heterocycles. The number of esters is 2. The number of ether oxygens (including phenoxy) is 2. The molecular formula is C15H21N5O6. The van der Waals surface area contributed by atoms with Crippen LogP contribution in [0.1, 0.15) is 47.7 Å². The number of hydrogen-bond acceptors (Lipinski definition) is 10. The topological polar surface area (TPSA) is 177 Å². The molecular weight excluding hydrogens is 346 g/mol. The molecule has 0 saturated carbocycles. The van der Waals surface area contributed by atoms with Gasteiger partial charge in [0, 0.05) is 6.42 Å². The van der Waals surface area contributed by atoms with E-state index in [0.29, 0.717) is 0 Å². The Balaban J connectivity index is 2.80. The van der Waals surface area contributed by atoms with Crippen LogP contribution in [0, 0.1) is 0 Å². The van der Waals surface area contributed by atoms with Gasteiger partial charge in [0.15, 0.2) is 28.8 Å². The van der Waals surface area contributed by atoms with Gasteiger partial charge < -0.3 is 26.3 Å². The zero-order valence-corrected chi connectivity index (χ0v) is 14.5. The van der Waals surface area contributed by atoms with E-state index in [9.17, 15) is 19.2 Å². The van der Waals surface area contributed by atoms with Crippen LogP contribution in [-0.4, -0.2) is 53.4 Å². The van der Waals surface area contributed by atoms with Crippen molar-refractivity contribution in [2.75, 3.05) is 31.2 Å². The highest BCUT2D eigenvalue weighted by Gasteiger charge is 2.21. The van der Waals surface area contributed by atoms with Gasteiger partial charge in [-0.2, -0.15) is 0 Å². The Kier molecular flexibility index (Phi) is 7.93. The van der Waals surface area contributed by atoms with Crippen LogP contribution in [0.4, 0.5) is 11.6 Å². The van der Waals surface area contributed by atoms with Crippen molar-refractivity contribution in [1.29, 1.82) is 0 Å². The molecule has 0 unspecified atom stereocenters. The standard InChI is InChI=1S/C15H21N5O6/c1-3-25-9(22)6-5-8(21)11-13(16)20-12(14(17)19-11)15(24)18-7-10(23)26-4-2/h3-7H2,1-2H3,(H2,16,20)(H2,17,19)(H,18,24). The molecule has 1 rings (SSSR count). The summed E-state index contributed by atoms with van der Waals surface area (Å²) in [6.07, 6.45) is -0.332. The van der Waals surface area contributed by atoms with E-state index in [1.165, 1.54) is 0 Å². The lowest BCUT2D eigenvalue weighted by molar-refractivity contribution is -0.143. The lowest BCUT2D eigenvalue weighted by atomic mass is 10.1. The summed E-state index contributed by atoms with van der Waals surface area (Å²) in [4.78, 5) is 54.2. The second kappa shape index (κ2) is 9.91. The van der Waals surface area contributed by atoms with Gasteiger partial charge in [-0.1, -0.05) is 0 Å². The summed E-state index contributed by atoms with van der Waals surface area (Å²) in [6, 6.07) is 0. The first-order valence-corrected chi connectivity index (χ1v) is 7.85. The van der Waals surface area contributed by atoms with Crippen LogP contribution in [0.2, 0.25) is 0 Å². The number of nitrogens with one attached hydrogen (secondary N) is 1. The van der Waals surface area contributed by atoms with E-state index in [4.69, 9.17) is 16.2 Å². The van der Waals surface area contributed by atoms with E-state index in [2.05, 4.69) is 20.0 Å². The highest BCUT2D eigenvalue weighted by Crippen LogP contribution is 2.15. The zero-order chi connectivity index (χ0) is 19.7. The zero-order valence-electron chi connectivity index (χ0n) is 14.5. The van der Waals surface area contributed by atoms with E-state index >= 15 is 0 Å². The fraction of sp³-hybridized carbons (Fsp3) is 0.467. The predicted molar refractivity (Wildman–Crippen MR) is 90.0 cm³/mol. The van der Waals surface area contributed by atoms with Crippen LogP contribution in [0.25, 0.3) is 0 Å². The summed E-state index contributed by atoms with van der Waals surface area (Å²) in [5, 5.41) is 2.26. The molecule has 0 aliphatic carbocycles. The lowest BCUT2D eigenvalue weighted by Crippen LogP contribution is -2.32. The van der Waals surface area contributed by atoms with Crippen LogP contribution in [0.5, 0.6) is 0 Å². The van der Waals surface area contributed by atoms with E-state index in [-0.39, 0.29) is 55.6 Å². The second-order valence-electron chi connectivity index (χ2n) is 4.91. The third-order valence-electron chi connectivity index (χ3n) is 2.99. The normalized spacial score (nSPS) is 10.1. The molecule has 0 aromatic carbocycles. The van der Waals surface area contributed by atoms with Crippen LogP contribution in [-0.2, 0) is 19.1 Å². The fourth-order valence-electron chi connectivity index (χ4n) is 1.85. The van der Waals surface area contributed by atoms with Crippen LogP contribution < -0.4 is 16.8 Å². The van der Waals surface area contributed by atoms with Gasteiger partial charge >= 0.3 is 11.9 Å². The number of Topliss-reactive ketones (excluding diaryl/α,β-unsaturated/α-hetero) is 1. The minimum Gasteiger partial charge on any atom is -0.466 e. The molecule has 11 heteroatoms. The molecule has 11 nitrogen and oxygen atoms in total. The Hall–Kier alpha value is -3.24. The first kappa shape index (κ1) is 20.8. The van der Waals surface area contributed by atoms with Gasteiger partial charge in [0.1, 0.15) is 6.54 Å². The molecule has 0 saturated heterocycles. The van der Waals surface area contributed by atoms with Gasteiger partial charge in [-0.25, -0.2) is 9.97 Å². The predicted octanol–water partition coefficient (Wildman–Crippen LogP) is -0.540. The lowest BCUT2D eigenvalue weighted by Gasteiger charge is -2.09. The number of amides is 1. The van der Waals surface area contributed by atoms with Crippen molar-refractivity contribution in [2.24, 2.45) is 0 Å². The summed E-state index contributed by atoms with van der Waals surface area (Å²) in [5.41, 5.74) is 10.7. The number of carbonyl (C=O) groups excluding carboxylic acids is 4. The number of hydrogen-bond donors (Lipinski definition) is 3. The van der Waals surface area contributed by atoms with Crippen molar-refractivity contribution < 1.29 is 28.7 Å². The van der Waals surface area contributed by atoms with Crippen molar-refractivity contribution in [3.63, 3.8) is 0 Å². The maximum Gasteiger partial charge on any atom is 0.325 e. The van der Waals surface area contributed by atoms with E-state index in [1.54, 1.807) is 13.8 Å². The van der Waals surface area contributed by atoms with Crippen molar-refractivity contribution in [2.45, 2.75) is 26.7 Å². The number of nitrogens with zero attached hydrogens (tertiary/aromatic N) is 2. The number of ketones is 1. The highest BCUT2D eigenvalue weighted by molar-refractivity contribution is 6.02.